The molecule has 2 nitrogen and oxygen atoms in total. The van der Waals surface area contributed by atoms with E-state index in [-0.39, 0.29) is 10.6 Å². The molecule has 1 aliphatic heterocycles. The molecule has 1 aromatic rings. The highest BCUT2D eigenvalue weighted by Crippen LogP contribution is 2.39. The van der Waals surface area contributed by atoms with Crippen molar-refractivity contribution in [1.82, 2.24) is 4.98 Å². The van der Waals surface area contributed by atoms with E-state index in [1.807, 2.05) is 0 Å². The van der Waals surface area contributed by atoms with E-state index in [1.54, 1.807) is 11.8 Å². The first-order chi connectivity index (χ1) is 8.41. The van der Waals surface area contributed by atoms with Gasteiger partial charge in [0.15, 0.2) is 0 Å². The Balaban J connectivity index is 2.10. The molecule has 0 aromatic carbocycles. The molecule has 0 amide bonds. The maximum atomic E-state index is 12.8. The van der Waals surface area contributed by atoms with E-state index in [0.29, 0.717) is 6.54 Å². The van der Waals surface area contributed by atoms with Crippen LogP contribution in [0.25, 0.3) is 0 Å². The first kappa shape index (κ1) is 13.5. The summed E-state index contributed by atoms with van der Waals surface area (Å²) in [5.41, 5.74) is -0.698. The Bertz CT molecular complexity index is 414. The van der Waals surface area contributed by atoms with Gasteiger partial charge in [0.05, 0.1) is 5.56 Å². The lowest BCUT2D eigenvalue weighted by molar-refractivity contribution is -0.137. The summed E-state index contributed by atoms with van der Waals surface area (Å²) in [4.78, 5) is 3.80. The second kappa shape index (κ2) is 4.99. The number of nitrogens with one attached hydrogen (secondary N) is 1. The Morgan fingerprint density at radius 1 is 1.50 bits per heavy atom. The van der Waals surface area contributed by atoms with Crippen molar-refractivity contribution in [2.24, 2.45) is 0 Å². The van der Waals surface area contributed by atoms with Gasteiger partial charge in [-0.3, -0.25) is 0 Å². The van der Waals surface area contributed by atoms with Crippen LogP contribution in [0.15, 0.2) is 18.3 Å². The minimum absolute atomic E-state index is 0.0143. The summed E-state index contributed by atoms with van der Waals surface area (Å²) >= 11 is 1.81. The Hall–Kier alpha value is -0.910. The zero-order valence-electron chi connectivity index (χ0n) is 10.0. The molecule has 100 valence electrons. The van der Waals surface area contributed by atoms with Gasteiger partial charge < -0.3 is 5.32 Å². The molecule has 0 spiro atoms. The first-order valence-corrected chi connectivity index (χ1v) is 6.79. The van der Waals surface area contributed by atoms with Crippen LogP contribution in [0.3, 0.4) is 0 Å². The van der Waals surface area contributed by atoms with Crippen LogP contribution < -0.4 is 5.32 Å². The van der Waals surface area contributed by atoms with Crippen LogP contribution in [0.1, 0.15) is 25.3 Å². The van der Waals surface area contributed by atoms with Gasteiger partial charge in [0.1, 0.15) is 5.82 Å². The smallest absolute Gasteiger partial charge is 0.368 e. The Labute approximate surface area is 108 Å². The molecule has 2 heterocycles. The summed E-state index contributed by atoms with van der Waals surface area (Å²) in [6.45, 7) is 2.59. The predicted octanol–water partition coefficient (Wildman–Crippen LogP) is 3.80. The quantitative estimate of drug-likeness (QED) is 0.909. The maximum absolute atomic E-state index is 12.8. The van der Waals surface area contributed by atoms with Crippen molar-refractivity contribution in [2.75, 3.05) is 17.6 Å². The average molecular weight is 276 g/mol. The zero-order chi connectivity index (χ0) is 13.2. The Kier molecular flexibility index (Phi) is 3.75. The molecule has 18 heavy (non-hydrogen) atoms. The van der Waals surface area contributed by atoms with Crippen LogP contribution in [-0.4, -0.2) is 22.0 Å². The lowest BCUT2D eigenvalue weighted by Crippen LogP contribution is -2.28. The van der Waals surface area contributed by atoms with E-state index in [2.05, 4.69) is 17.2 Å². The van der Waals surface area contributed by atoms with Crippen molar-refractivity contribution in [3.8, 4) is 0 Å². The number of aromatic nitrogens is 1. The number of thioether (sulfide) groups is 1. The van der Waals surface area contributed by atoms with Crippen molar-refractivity contribution in [3.63, 3.8) is 0 Å². The summed E-state index contributed by atoms with van der Waals surface area (Å²) in [5, 5.41) is 2.85. The number of pyridine rings is 1. The monoisotopic (exact) mass is 276 g/mol. The Morgan fingerprint density at radius 2 is 2.28 bits per heavy atom. The van der Waals surface area contributed by atoms with Gasteiger partial charge in [-0.2, -0.15) is 24.9 Å². The fourth-order valence-corrected chi connectivity index (χ4v) is 3.27. The molecule has 1 aromatic heterocycles. The third kappa shape index (κ3) is 3.10. The maximum Gasteiger partial charge on any atom is 0.419 e. The topological polar surface area (TPSA) is 24.9 Å². The van der Waals surface area contributed by atoms with Gasteiger partial charge in [0.25, 0.3) is 0 Å². The molecule has 0 saturated carbocycles. The summed E-state index contributed by atoms with van der Waals surface area (Å²) in [5.74, 6) is 1.01. The molecule has 1 atom stereocenters. The van der Waals surface area contributed by atoms with Gasteiger partial charge in [-0.15, -0.1) is 0 Å². The van der Waals surface area contributed by atoms with Crippen molar-refractivity contribution >= 4 is 17.6 Å². The van der Waals surface area contributed by atoms with Crippen LogP contribution in [0, 0.1) is 0 Å². The van der Waals surface area contributed by atoms with Crippen molar-refractivity contribution in [1.29, 1.82) is 0 Å². The lowest BCUT2D eigenvalue weighted by atomic mass is 10.1. The summed E-state index contributed by atoms with van der Waals surface area (Å²) in [6, 6.07) is 2.36. The van der Waals surface area contributed by atoms with Gasteiger partial charge >= 0.3 is 6.18 Å². The van der Waals surface area contributed by atoms with Crippen LogP contribution in [-0.2, 0) is 6.18 Å². The third-order valence-electron chi connectivity index (χ3n) is 3.04. The molecular formula is C12H15F3N2S. The number of halogens is 3. The fourth-order valence-electron chi connectivity index (χ4n) is 2.02. The normalized spacial score (nSPS) is 24.2. The number of nitrogens with zero attached hydrogens (tertiary/aromatic N) is 1. The van der Waals surface area contributed by atoms with E-state index in [0.717, 1.165) is 24.7 Å². The van der Waals surface area contributed by atoms with E-state index in [1.165, 1.54) is 12.3 Å². The van der Waals surface area contributed by atoms with Gasteiger partial charge in [-0.05, 0) is 37.7 Å². The van der Waals surface area contributed by atoms with E-state index >= 15 is 0 Å². The number of anilines is 1. The molecule has 1 aliphatic rings. The highest BCUT2D eigenvalue weighted by Gasteiger charge is 2.35. The molecule has 0 bridgehead atoms. The molecule has 1 saturated heterocycles. The highest BCUT2D eigenvalue weighted by molar-refractivity contribution is 8.00. The molecule has 1 fully saturated rings. The van der Waals surface area contributed by atoms with Gasteiger partial charge in [-0.25, -0.2) is 4.98 Å². The second-order valence-electron chi connectivity index (χ2n) is 4.65. The lowest BCUT2D eigenvalue weighted by Gasteiger charge is -2.24. The molecule has 0 radical (unpaired) electrons. The summed E-state index contributed by atoms with van der Waals surface area (Å²) < 4.78 is 38.3. The molecule has 1 N–H and O–H groups in total. The number of rotatable bonds is 3. The molecule has 0 aliphatic carbocycles. The zero-order valence-corrected chi connectivity index (χ0v) is 10.9. The predicted molar refractivity (Wildman–Crippen MR) is 67.8 cm³/mol. The van der Waals surface area contributed by atoms with E-state index in [4.69, 9.17) is 0 Å². The van der Waals surface area contributed by atoms with Crippen molar-refractivity contribution in [3.05, 3.63) is 23.9 Å². The first-order valence-electron chi connectivity index (χ1n) is 5.81. The average Bonchev–Trinajstić information content (AvgIpc) is 2.73. The minimum Gasteiger partial charge on any atom is -0.368 e. The Morgan fingerprint density at radius 3 is 2.89 bits per heavy atom. The highest BCUT2D eigenvalue weighted by atomic mass is 32.2. The number of hydrogen-bond donors (Lipinski definition) is 1. The molecular weight excluding hydrogens is 261 g/mol. The second-order valence-corrected chi connectivity index (χ2v) is 6.34. The molecule has 1 unspecified atom stereocenters. The largest absolute Gasteiger partial charge is 0.419 e. The molecule has 2 rings (SSSR count). The SMILES string of the molecule is CC1(CNc2ncccc2C(F)(F)F)CCCS1. The number of alkyl halides is 3. The minimum atomic E-state index is -4.36. The third-order valence-corrected chi connectivity index (χ3v) is 4.58. The summed E-state index contributed by atoms with van der Waals surface area (Å²) in [7, 11) is 0. The van der Waals surface area contributed by atoms with Crippen LogP contribution in [0.2, 0.25) is 0 Å². The fraction of sp³-hybridized carbons (Fsp3) is 0.583. The van der Waals surface area contributed by atoms with Crippen molar-refractivity contribution in [2.45, 2.75) is 30.7 Å². The van der Waals surface area contributed by atoms with Crippen molar-refractivity contribution < 1.29 is 13.2 Å². The molecule has 6 heteroatoms. The van der Waals surface area contributed by atoms with Gasteiger partial charge in [-0.1, -0.05) is 0 Å². The van der Waals surface area contributed by atoms with Crippen LogP contribution in [0.5, 0.6) is 0 Å². The van der Waals surface area contributed by atoms with Gasteiger partial charge in [0, 0.05) is 17.5 Å². The summed E-state index contributed by atoms with van der Waals surface area (Å²) in [6.07, 6.45) is -0.835. The standard InChI is InChI=1S/C12H15F3N2S/c1-11(5-3-7-18-11)8-17-10-9(12(13,14)15)4-2-6-16-10/h2,4,6H,3,5,7-8H2,1H3,(H,16,17). The number of hydrogen-bond acceptors (Lipinski definition) is 3. The van der Waals surface area contributed by atoms with E-state index in [9.17, 15) is 13.2 Å². The van der Waals surface area contributed by atoms with Crippen LogP contribution in [0.4, 0.5) is 19.0 Å². The van der Waals surface area contributed by atoms with E-state index < -0.39 is 11.7 Å². The van der Waals surface area contributed by atoms with Gasteiger partial charge in [0.2, 0.25) is 0 Å². The van der Waals surface area contributed by atoms with Crippen LogP contribution >= 0.6 is 11.8 Å².